The summed E-state index contributed by atoms with van der Waals surface area (Å²) in [5, 5.41) is 2.95. The van der Waals surface area contributed by atoms with Crippen LogP contribution >= 0.6 is 0 Å². The van der Waals surface area contributed by atoms with Crippen molar-refractivity contribution in [2.75, 3.05) is 13.2 Å². The van der Waals surface area contributed by atoms with E-state index in [1.54, 1.807) is 6.92 Å². The van der Waals surface area contributed by atoms with Gasteiger partial charge in [0.25, 0.3) is 0 Å². The molecule has 0 unspecified atom stereocenters. The lowest BCUT2D eigenvalue weighted by molar-refractivity contribution is -0.136. The van der Waals surface area contributed by atoms with Gasteiger partial charge in [-0.2, -0.15) is 0 Å². The smallest absolute Gasteiger partial charge is 0.323 e. The zero-order chi connectivity index (χ0) is 17.8. The monoisotopic (exact) mass is 347 g/mol. The molecule has 0 saturated carbocycles. The van der Waals surface area contributed by atoms with Crippen LogP contribution in [0.5, 0.6) is 0 Å². The van der Waals surface area contributed by atoms with Crippen LogP contribution in [-0.4, -0.2) is 41.3 Å². The summed E-state index contributed by atoms with van der Waals surface area (Å²) in [4.78, 5) is 29.1. The molecule has 1 saturated heterocycles. The molecule has 0 radical (unpaired) electrons. The van der Waals surface area contributed by atoms with Crippen LogP contribution in [0.1, 0.15) is 44.7 Å². The van der Waals surface area contributed by atoms with Crippen molar-refractivity contribution >= 4 is 16.9 Å². The average molecular weight is 347 g/mol. The Morgan fingerprint density at radius 1 is 1.32 bits per heavy atom. The highest BCUT2D eigenvalue weighted by Crippen LogP contribution is 2.18. The molecule has 3 atom stereocenters. The van der Waals surface area contributed by atoms with E-state index in [0.29, 0.717) is 6.61 Å². The summed E-state index contributed by atoms with van der Waals surface area (Å²) in [6.07, 6.45) is 2.79. The molecule has 3 rings (SSSR count). The Kier molecular flexibility index (Phi) is 5.55. The maximum absolute atomic E-state index is 12.3. The van der Waals surface area contributed by atoms with E-state index in [1.807, 2.05) is 25.1 Å². The summed E-state index contributed by atoms with van der Waals surface area (Å²) in [6.45, 7) is 4.87. The fourth-order valence-electron chi connectivity index (χ4n) is 3.00. The van der Waals surface area contributed by atoms with Crippen molar-refractivity contribution in [1.29, 1.82) is 0 Å². The molecule has 1 fully saturated rings. The molecule has 1 aromatic carbocycles. The van der Waals surface area contributed by atoms with Gasteiger partial charge in [-0.15, -0.1) is 0 Å². The number of aromatic amines is 2. The predicted octanol–water partition coefficient (Wildman–Crippen LogP) is 2.01. The lowest BCUT2D eigenvalue weighted by atomic mass is 10.1. The molecule has 1 amide bonds. The molecule has 0 spiro atoms. The van der Waals surface area contributed by atoms with Crippen molar-refractivity contribution in [2.24, 2.45) is 0 Å². The van der Waals surface area contributed by atoms with Crippen LogP contribution in [0, 0.1) is 0 Å². The maximum atomic E-state index is 12.3. The first kappa shape index (κ1) is 17.7. The molecule has 2 heterocycles. The minimum absolute atomic E-state index is 0.0919. The van der Waals surface area contributed by atoms with Crippen LogP contribution in [0.25, 0.3) is 11.0 Å². The zero-order valence-corrected chi connectivity index (χ0v) is 14.6. The van der Waals surface area contributed by atoms with Gasteiger partial charge < -0.3 is 24.8 Å². The van der Waals surface area contributed by atoms with Gasteiger partial charge in [-0.05, 0) is 50.8 Å². The number of amides is 1. The number of H-pyrrole nitrogens is 2. The van der Waals surface area contributed by atoms with Gasteiger partial charge in [-0.3, -0.25) is 4.79 Å². The summed E-state index contributed by atoms with van der Waals surface area (Å²) < 4.78 is 11.3. The second-order valence-electron chi connectivity index (χ2n) is 6.58. The van der Waals surface area contributed by atoms with Crippen molar-refractivity contribution in [1.82, 2.24) is 15.3 Å². The molecular formula is C18H25N3O4. The van der Waals surface area contributed by atoms with E-state index in [2.05, 4.69) is 15.3 Å². The van der Waals surface area contributed by atoms with Crippen molar-refractivity contribution in [3.63, 3.8) is 0 Å². The van der Waals surface area contributed by atoms with Gasteiger partial charge in [0.2, 0.25) is 5.91 Å². The molecule has 0 bridgehead atoms. The lowest BCUT2D eigenvalue weighted by Crippen LogP contribution is -2.38. The third-order valence-electron chi connectivity index (χ3n) is 4.57. The number of carbonyl (C=O) groups is 1. The van der Waals surface area contributed by atoms with Crippen molar-refractivity contribution < 1.29 is 14.3 Å². The number of ether oxygens (including phenoxy) is 2. The third kappa shape index (κ3) is 4.49. The van der Waals surface area contributed by atoms with Crippen molar-refractivity contribution in [3.8, 4) is 0 Å². The Morgan fingerprint density at radius 2 is 2.12 bits per heavy atom. The van der Waals surface area contributed by atoms with Crippen LogP contribution in [-0.2, 0) is 14.3 Å². The molecule has 7 heteroatoms. The molecule has 7 nitrogen and oxygen atoms in total. The second-order valence-corrected chi connectivity index (χ2v) is 6.58. The molecule has 1 aliphatic heterocycles. The van der Waals surface area contributed by atoms with Gasteiger partial charge in [0.15, 0.2) is 0 Å². The third-order valence-corrected chi connectivity index (χ3v) is 4.57. The summed E-state index contributed by atoms with van der Waals surface area (Å²) in [5.74, 6) is -0.161. The number of fused-ring (bicyclic) bond motifs is 1. The van der Waals surface area contributed by atoms with E-state index in [-0.39, 0.29) is 23.7 Å². The van der Waals surface area contributed by atoms with Crippen LogP contribution in [0.2, 0.25) is 0 Å². The molecular weight excluding hydrogens is 322 g/mol. The van der Waals surface area contributed by atoms with Gasteiger partial charge in [0, 0.05) is 6.61 Å². The normalized spacial score (nSPS) is 20.3. The Balaban J connectivity index is 1.53. The van der Waals surface area contributed by atoms with Gasteiger partial charge in [-0.1, -0.05) is 6.07 Å². The molecule has 3 N–H and O–H groups in total. The number of rotatable bonds is 6. The standard InChI is InChI=1S/C18H25N3O4/c1-11(13-6-7-15-16(9-13)21-18(23)20-15)19-17(22)12(2)25-10-14-5-3-4-8-24-14/h6-7,9,11-12,14H,3-5,8,10H2,1-2H3,(H,19,22)(H2,20,21,23)/t11-,12+,14+/m1/s1. The Labute approximate surface area is 146 Å². The highest BCUT2D eigenvalue weighted by Gasteiger charge is 2.20. The number of imidazole rings is 1. The Hall–Kier alpha value is -2.12. The average Bonchev–Trinajstić information content (AvgIpc) is 2.99. The predicted molar refractivity (Wildman–Crippen MR) is 94.5 cm³/mol. The highest BCUT2D eigenvalue weighted by molar-refractivity contribution is 5.81. The van der Waals surface area contributed by atoms with Crippen LogP contribution in [0.15, 0.2) is 23.0 Å². The zero-order valence-electron chi connectivity index (χ0n) is 14.6. The first-order valence-electron chi connectivity index (χ1n) is 8.78. The van der Waals surface area contributed by atoms with Gasteiger partial charge in [0.05, 0.1) is 29.8 Å². The Bertz CT molecular complexity index is 776. The van der Waals surface area contributed by atoms with Crippen LogP contribution in [0.4, 0.5) is 0 Å². The number of hydrogen-bond acceptors (Lipinski definition) is 4. The lowest BCUT2D eigenvalue weighted by Gasteiger charge is -2.24. The van der Waals surface area contributed by atoms with Crippen LogP contribution < -0.4 is 11.0 Å². The quantitative estimate of drug-likeness (QED) is 0.745. The van der Waals surface area contributed by atoms with Gasteiger partial charge in [-0.25, -0.2) is 4.79 Å². The minimum Gasteiger partial charge on any atom is -0.376 e. The van der Waals surface area contributed by atoms with E-state index >= 15 is 0 Å². The second kappa shape index (κ2) is 7.84. The summed E-state index contributed by atoms with van der Waals surface area (Å²) in [6, 6.07) is 5.39. The van der Waals surface area contributed by atoms with E-state index in [4.69, 9.17) is 9.47 Å². The summed E-state index contributed by atoms with van der Waals surface area (Å²) >= 11 is 0. The molecule has 0 aliphatic carbocycles. The van der Waals surface area contributed by atoms with Crippen LogP contribution in [0.3, 0.4) is 0 Å². The Morgan fingerprint density at radius 3 is 2.88 bits per heavy atom. The highest BCUT2D eigenvalue weighted by atomic mass is 16.5. The molecule has 1 aromatic heterocycles. The number of nitrogens with one attached hydrogen (secondary N) is 3. The fraction of sp³-hybridized carbons (Fsp3) is 0.556. The maximum Gasteiger partial charge on any atom is 0.323 e. The topological polar surface area (TPSA) is 96.2 Å². The van der Waals surface area contributed by atoms with Crippen molar-refractivity contribution in [2.45, 2.75) is 51.4 Å². The number of benzene rings is 1. The number of hydrogen-bond donors (Lipinski definition) is 3. The van der Waals surface area contributed by atoms with Crippen molar-refractivity contribution in [3.05, 3.63) is 34.2 Å². The van der Waals surface area contributed by atoms with E-state index in [9.17, 15) is 9.59 Å². The van der Waals surface area contributed by atoms with E-state index in [1.165, 1.54) is 0 Å². The molecule has 2 aromatic rings. The minimum atomic E-state index is -0.538. The SMILES string of the molecule is C[C@H](OC[C@@H]1CCCCO1)C(=O)N[C@H](C)c1ccc2[nH]c(=O)[nH]c2c1. The van der Waals surface area contributed by atoms with Gasteiger partial charge in [0.1, 0.15) is 6.10 Å². The molecule has 136 valence electrons. The van der Waals surface area contributed by atoms with Gasteiger partial charge >= 0.3 is 5.69 Å². The largest absolute Gasteiger partial charge is 0.376 e. The van der Waals surface area contributed by atoms with E-state index in [0.717, 1.165) is 42.5 Å². The number of carbonyl (C=O) groups excluding carboxylic acids is 1. The first-order valence-corrected chi connectivity index (χ1v) is 8.78. The number of aromatic nitrogens is 2. The molecule has 1 aliphatic rings. The van der Waals surface area contributed by atoms with E-state index < -0.39 is 6.10 Å². The fourth-order valence-corrected chi connectivity index (χ4v) is 3.00. The summed E-state index contributed by atoms with van der Waals surface area (Å²) in [7, 11) is 0. The first-order chi connectivity index (χ1) is 12.0. The summed E-state index contributed by atoms with van der Waals surface area (Å²) in [5.41, 5.74) is 2.15. The molecule has 25 heavy (non-hydrogen) atoms.